The smallest absolute Gasteiger partial charge is 0.387 e. The van der Waals surface area contributed by atoms with E-state index in [1.165, 1.54) is 12.1 Å². The Morgan fingerprint density at radius 2 is 2.00 bits per heavy atom. The number of nitrogens with one attached hydrogen (secondary N) is 1. The third kappa shape index (κ3) is 6.00. The second-order valence-corrected chi connectivity index (χ2v) is 5.61. The summed E-state index contributed by atoms with van der Waals surface area (Å²) >= 11 is 0. The molecule has 2 N–H and O–H groups in total. The van der Waals surface area contributed by atoms with Crippen molar-refractivity contribution in [2.75, 3.05) is 6.61 Å². The van der Waals surface area contributed by atoms with Crippen LogP contribution < -0.4 is 14.8 Å². The molecular formula is C19H21F2NO4. The zero-order valence-corrected chi connectivity index (χ0v) is 14.4. The van der Waals surface area contributed by atoms with Gasteiger partial charge in [-0.2, -0.15) is 8.78 Å². The normalized spacial score (nSPS) is 10.8. The summed E-state index contributed by atoms with van der Waals surface area (Å²) in [7, 11) is 0. The summed E-state index contributed by atoms with van der Waals surface area (Å²) in [6, 6.07) is 11.3. The molecule has 5 nitrogen and oxygen atoms in total. The monoisotopic (exact) mass is 365 g/mol. The molecule has 26 heavy (non-hydrogen) atoms. The number of carboxylic acid groups (broad SMARTS) is 1. The molecular weight excluding hydrogens is 344 g/mol. The number of alkyl halides is 2. The molecule has 0 atom stereocenters. The first-order valence-electron chi connectivity index (χ1n) is 8.23. The van der Waals surface area contributed by atoms with E-state index in [0.717, 1.165) is 12.0 Å². The lowest BCUT2D eigenvalue weighted by Gasteiger charge is -2.14. The lowest BCUT2D eigenvalue weighted by atomic mass is 10.1. The molecule has 2 aromatic carbocycles. The van der Waals surface area contributed by atoms with Gasteiger partial charge in [0.25, 0.3) is 0 Å². The topological polar surface area (TPSA) is 67.8 Å². The van der Waals surface area contributed by atoms with Gasteiger partial charge < -0.3 is 19.9 Å². The lowest BCUT2D eigenvalue weighted by Crippen LogP contribution is -2.15. The van der Waals surface area contributed by atoms with Gasteiger partial charge in [-0.3, -0.25) is 0 Å². The van der Waals surface area contributed by atoms with Crippen LogP contribution in [-0.2, 0) is 13.1 Å². The third-order valence-electron chi connectivity index (χ3n) is 3.55. The minimum atomic E-state index is -2.93. The van der Waals surface area contributed by atoms with Gasteiger partial charge in [0.2, 0.25) is 0 Å². The van der Waals surface area contributed by atoms with Crippen molar-refractivity contribution in [3.63, 3.8) is 0 Å². The molecule has 0 unspecified atom stereocenters. The van der Waals surface area contributed by atoms with Gasteiger partial charge in [0.05, 0.1) is 12.2 Å². The molecule has 0 spiro atoms. The van der Waals surface area contributed by atoms with Crippen molar-refractivity contribution >= 4 is 5.97 Å². The Bertz CT molecular complexity index is 737. The number of benzene rings is 2. The fourth-order valence-corrected chi connectivity index (χ4v) is 2.35. The molecule has 7 heteroatoms. The van der Waals surface area contributed by atoms with Gasteiger partial charge in [-0.1, -0.05) is 25.1 Å². The fraction of sp³-hybridized carbons (Fsp3) is 0.316. The number of hydrogen-bond donors (Lipinski definition) is 2. The highest BCUT2D eigenvalue weighted by Crippen LogP contribution is 2.26. The average molecular weight is 365 g/mol. The zero-order valence-electron chi connectivity index (χ0n) is 14.4. The summed E-state index contributed by atoms with van der Waals surface area (Å²) in [5, 5.41) is 12.1. The molecule has 0 saturated heterocycles. The van der Waals surface area contributed by atoms with Crippen LogP contribution in [0.25, 0.3) is 0 Å². The van der Waals surface area contributed by atoms with Crippen LogP contribution in [0.5, 0.6) is 11.5 Å². The quantitative estimate of drug-likeness (QED) is 0.664. The largest absolute Gasteiger partial charge is 0.493 e. The fourth-order valence-electron chi connectivity index (χ4n) is 2.35. The summed E-state index contributed by atoms with van der Waals surface area (Å²) in [5.41, 5.74) is 1.54. The van der Waals surface area contributed by atoms with E-state index in [4.69, 9.17) is 9.84 Å². The number of ether oxygens (including phenoxy) is 2. The molecule has 0 aliphatic rings. The highest BCUT2D eigenvalue weighted by Gasteiger charge is 2.11. The van der Waals surface area contributed by atoms with Crippen LogP contribution in [0, 0.1) is 0 Å². The number of hydrogen-bond acceptors (Lipinski definition) is 4. The molecule has 0 radical (unpaired) electrons. The van der Waals surface area contributed by atoms with Gasteiger partial charge in [0.15, 0.2) is 0 Å². The Labute approximate surface area is 150 Å². The van der Waals surface area contributed by atoms with Crippen molar-refractivity contribution in [1.29, 1.82) is 0 Å². The second kappa shape index (κ2) is 9.72. The van der Waals surface area contributed by atoms with Crippen molar-refractivity contribution in [3.05, 3.63) is 59.2 Å². The van der Waals surface area contributed by atoms with E-state index in [0.29, 0.717) is 24.5 Å². The van der Waals surface area contributed by atoms with Gasteiger partial charge in [-0.15, -0.1) is 0 Å². The molecule has 140 valence electrons. The van der Waals surface area contributed by atoms with E-state index in [-0.39, 0.29) is 17.9 Å². The van der Waals surface area contributed by atoms with Crippen molar-refractivity contribution < 1.29 is 28.2 Å². The number of carbonyl (C=O) groups is 1. The van der Waals surface area contributed by atoms with E-state index in [9.17, 15) is 13.6 Å². The first-order chi connectivity index (χ1) is 12.5. The van der Waals surface area contributed by atoms with Crippen molar-refractivity contribution in [2.45, 2.75) is 33.0 Å². The molecule has 0 heterocycles. The van der Waals surface area contributed by atoms with Gasteiger partial charge in [0, 0.05) is 24.7 Å². The van der Waals surface area contributed by atoms with Crippen LogP contribution in [0.2, 0.25) is 0 Å². The Morgan fingerprint density at radius 3 is 2.69 bits per heavy atom. The number of rotatable bonds is 10. The van der Waals surface area contributed by atoms with Gasteiger partial charge in [-0.25, -0.2) is 4.79 Å². The van der Waals surface area contributed by atoms with Crippen molar-refractivity contribution in [1.82, 2.24) is 5.32 Å². The summed E-state index contributed by atoms with van der Waals surface area (Å²) in [4.78, 5) is 11.0. The van der Waals surface area contributed by atoms with E-state index in [2.05, 4.69) is 10.1 Å². The Hall–Kier alpha value is -2.67. The Kier molecular flexibility index (Phi) is 7.35. The number of aromatic carboxylic acids is 1. The molecule has 0 saturated carbocycles. The van der Waals surface area contributed by atoms with Crippen LogP contribution in [0.3, 0.4) is 0 Å². The van der Waals surface area contributed by atoms with Gasteiger partial charge in [0.1, 0.15) is 11.5 Å². The molecule has 0 aromatic heterocycles. The predicted octanol–water partition coefficient (Wildman–Crippen LogP) is 4.06. The van der Waals surface area contributed by atoms with Gasteiger partial charge in [-0.05, 0) is 30.2 Å². The second-order valence-electron chi connectivity index (χ2n) is 5.61. The first kappa shape index (κ1) is 19.7. The maximum Gasteiger partial charge on any atom is 0.387 e. The first-order valence-corrected chi connectivity index (χ1v) is 8.23. The van der Waals surface area contributed by atoms with Crippen LogP contribution in [0.15, 0.2) is 42.5 Å². The standard InChI is InChI=1S/C19H21F2NO4/c1-2-8-25-16-7-6-15(17(10-16)26-19(20)21)12-22-11-13-4-3-5-14(9-13)18(23)24/h3-7,9-10,19,22H,2,8,11-12H2,1H3,(H,23,24). The molecule has 0 aliphatic heterocycles. The van der Waals surface area contributed by atoms with Crippen LogP contribution in [0.4, 0.5) is 8.78 Å². The summed E-state index contributed by atoms with van der Waals surface area (Å²) in [6.07, 6.45) is 0.809. The molecule has 0 aliphatic carbocycles. The number of carboxylic acids is 1. The highest BCUT2D eigenvalue weighted by molar-refractivity contribution is 5.87. The SMILES string of the molecule is CCCOc1ccc(CNCc2cccc(C(=O)O)c2)c(OC(F)F)c1. The van der Waals surface area contributed by atoms with Crippen LogP contribution in [0.1, 0.15) is 34.8 Å². The van der Waals surface area contributed by atoms with Crippen molar-refractivity contribution in [3.8, 4) is 11.5 Å². The van der Waals surface area contributed by atoms with Crippen LogP contribution >= 0.6 is 0 Å². The van der Waals surface area contributed by atoms with Crippen LogP contribution in [-0.4, -0.2) is 24.3 Å². The molecule has 0 bridgehead atoms. The summed E-state index contributed by atoms with van der Waals surface area (Å²) in [5.74, 6) is -0.470. The van der Waals surface area contributed by atoms with Crippen molar-refractivity contribution in [2.24, 2.45) is 0 Å². The highest BCUT2D eigenvalue weighted by atomic mass is 19.3. The van der Waals surface area contributed by atoms with E-state index >= 15 is 0 Å². The minimum absolute atomic E-state index is 0.0559. The Morgan fingerprint density at radius 1 is 1.19 bits per heavy atom. The van der Waals surface area contributed by atoms with E-state index in [1.807, 2.05) is 6.92 Å². The summed E-state index contributed by atoms with van der Waals surface area (Å²) in [6.45, 7) is 0.193. The van der Waals surface area contributed by atoms with Gasteiger partial charge >= 0.3 is 12.6 Å². The summed E-state index contributed by atoms with van der Waals surface area (Å²) < 4.78 is 35.3. The lowest BCUT2D eigenvalue weighted by molar-refractivity contribution is -0.0506. The molecule has 2 aromatic rings. The molecule has 0 fully saturated rings. The predicted molar refractivity (Wildman–Crippen MR) is 92.8 cm³/mol. The maximum atomic E-state index is 12.7. The minimum Gasteiger partial charge on any atom is -0.493 e. The maximum absolute atomic E-state index is 12.7. The molecule has 2 rings (SSSR count). The van der Waals surface area contributed by atoms with E-state index in [1.54, 1.807) is 30.3 Å². The Balaban J connectivity index is 2.03. The zero-order chi connectivity index (χ0) is 18.9. The molecule has 0 amide bonds. The number of halogens is 2. The van der Waals surface area contributed by atoms with E-state index < -0.39 is 12.6 Å². The third-order valence-corrected chi connectivity index (χ3v) is 3.55. The average Bonchev–Trinajstić information content (AvgIpc) is 2.61.